The van der Waals surface area contributed by atoms with E-state index >= 15 is 0 Å². The van der Waals surface area contributed by atoms with Crippen molar-refractivity contribution < 1.29 is 0 Å². The summed E-state index contributed by atoms with van der Waals surface area (Å²) in [7, 11) is 0. The predicted octanol–water partition coefficient (Wildman–Crippen LogP) is 4.32. The Balaban J connectivity index is 1.62. The van der Waals surface area contributed by atoms with E-state index < -0.39 is 0 Å². The number of fused-ring (bicyclic) bond motifs is 1. The van der Waals surface area contributed by atoms with Gasteiger partial charge in [0, 0.05) is 23.3 Å². The Morgan fingerprint density at radius 1 is 1.24 bits per heavy atom. The first-order chi connectivity index (χ1) is 12.1. The zero-order chi connectivity index (χ0) is 17.4. The second-order valence-corrected chi connectivity index (χ2v) is 7.54. The van der Waals surface area contributed by atoms with Gasteiger partial charge in [-0.15, -0.1) is 0 Å². The lowest BCUT2D eigenvalue weighted by molar-refractivity contribution is 0.480. The zero-order valence-corrected chi connectivity index (χ0v) is 16.0. The van der Waals surface area contributed by atoms with Gasteiger partial charge in [-0.25, -0.2) is 14.5 Å². The average Bonchev–Trinajstić information content (AvgIpc) is 2.97. The Labute approximate surface area is 155 Å². The van der Waals surface area contributed by atoms with E-state index in [0.717, 1.165) is 33.9 Å². The molecule has 0 spiro atoms. The van der Waals surface area contributed by atoms with Crippen LogP contribution in [0.2, 0.25) is 0 Å². The van der Waals surface area contributed by atoms with Gasteiger partial charge in [0.1, 0.15) is 17.7 Å². The molecule has 6 nitrogen and oxygen atoms in total. The maximum atomic E-state index is 4.74. The second-order valence-electron chi connectivity index (χ2n) is 6.62. The van der Waals surface area contributed by atoms with Gasteiger partial charge in [-0.2, -0.15) is 5.10 Å². The van der Waals surface area contributed by atoms with Crippen molar-refractivity contribution in [2.75, 3.05) is 16.8 Å². The van der Waals surface area contributed by atoms with E-state index in [1.54, 1.807) is 10.8 Å². The minimum atomic E-state index is 0.554. The highest BCUT2D eigenvalue weighted by atomic mass is 79.9. The van der Waals surface area contributed by atoms with Gasteiger partial charge in [0.05, 0.1) is 11.9 Å². The summed E-state index contributed by atoms with van der Waals surface area (Å²) < 4.78 is 2.77. The lowest BCUT2D eigenvalue weighted by Crippen LogP contribution is -2.38. The predicted molar refractivity (Wildman–Crippen MR) is 104 cm³/mol. The molecule has 0 saturated carbocycles. The summed E-state index contributed by atoms with van der Waals surface area (Å²) in [4.78, 5) is 11.5. The molecule has 1 unspecified atom stereocenters. The summed E-state index contributed by atoms with van der Waals surface area (Å²) in [6.45, 7) is 5.50. The normalized spacial score (nSPS) is 17.9. The number of hydrogen-bond acceptors (Lipinski definition) is 5. The Morgan fingerprint density at radius 3 is 2.92 bits per heavy atom. The minimum Gasteiger partial charge on any atom is -0.354 e. The molecule has 1 N–H and O–H groups in total. The third-order valence-electron chi connectivity index (χ3n) is 4.76. The molecule has 4 rings (SSSR count). The van der Waals surface area contributed by atoms with Crippen molar-refractivity contribution in [2.45, 2.75) is 39.2 Å². The number of hydrogen-bond donors (Lipinski definition) is 1. The third-order valence-corrected chi connectivity index (χ3v) is 5.19. The van der Waals surface area contributed by atoms with Crippen molar-refractivity contribution in [3.05, 3.63) is 40.9 Å². The van der Waals surface area contributed by atoms with E-state index in [0.29, 0.717) is 6.04 Å². The summed E-state index contributed by atoms with van der Waals surface area (Å²) in [5, 5.41) is 7.59. The Hall–Kier alpha value is -2.15. The first-order valence-corrected chi connectivity index (χ1v) is 9.40. The number of aryl methyl sites for hydroxylation is 1. The van der Waals surface area contributed by atoms with Gasteiger partial charge < -0.3 is 10.2 Å². The Kier molecular flexibility index (Phi) is 4.33. The number of pyridine rings is 1. The lowest BCUT2D eigenvalue weighted by atomic mass is 10.0. The van der Waals surface area contributed by atoms with E-state index in [-0.39, 0.29) is 0 Å². The topological polar surface area (TPSA) is 58.4 Å². The highest BCUT2D eigenvalue weighted by Gasteiger charge is 2.21. The van der Waals surface area contributed by atoms with E-state index in [2.05, 4.69) is 56.1 Å². The van der Waals surface area contributed by atoms with Crippen LogP contribution >= 0.6 is 15.9 Å². The number of nitrogens with one attached hydrogen (secondary N) is 1. The van der Waals surface area contributed by atoms with E-state index in [4.69, 9.17) is 4.98 Å². The van der Waals surface area contributed by atoms with Gasteiger partial charge in [-0.05, 0) is 66.7 Å². The molecule has 3 aromatic rings. The van der Waals surface area contributed by atoms with Crippen molar-refractivity contribution in [1.82, 2.24) is 19.6 Å². The number of nitrogens with zero attached hydrogens (tertiary/aromatic N) is 5. The monoisotopic (exact) mass is 400 g/mol. The molecule has 0 bridgehead atoms. The summed E-state index contributed by atoms with van der Waals surface area (Å²) in [5.74, 6) is 1.86. The molecular formula is C18H21BrN6. The fraction of sp³-hybridized carbons (Fsp3) is 0.389. The summed E-state index contributed by atoms with van der Waals surface area (Å²) in [5.41, 5.74) is 3.03. The largest absolute Gasteiger partial charge is 0.354 e. The van der Waals surface area contributed by atoms with Gasteiger partial charge in [0.15, 0.2) is 5.82 Å². The molecule has 1 saturated heterocycles. The van der Waals surface area contributed by atoms with E-state index in [1.165, 1.54) is 24.8 Å². The zero-order valence-electron chi connectivity index (χ0n) is 14.4. The molecule has 0 radical (unpaired) electrons. The highest BCUT2D eigenvalue weighted by Crippen LogP contribution is 2.29. The molecule has 1 atom stereocenters. The Morgan fingerprint density at radius 2 is 2.12 bits per heavy atom. The molecule has 25 heavy (non-hydrogen) atoms. The highest BCUT2D eigenvalue weighted by molar-refractivity contribution is 9.10. The van der Waals surface area contributed by atoms with Crippen molar-refractivity contribution in [1.29, 1.82) is 0 Å². The molecule has 0 aromatic carbocycles. The fourth-order valence-corrected chi connectivity index (χ4v) is 3.89. The molecule has 130 valence electrons. The molecule has 0 aliphatic carbocycles. The average molecular weight is 401 g/mol. The number of anilines is 3. The quantitative estimate of drug-likeness (QED) is 0.709. The third kappa shape index (κ3) is 3.20. The first-order valence-electron chi connectivity index (χ1n) is 8.61. The van der Waals surface area contributed by atoms with Crippen LogP contribution in [0.4, 0.5) is 17.3 Å². The Bertz CT molecular complexity index is 906. The molecule has 1 fully saturated rings. The summed E-state index contributed by atoms with van der Waals surface area (Å²) in [6.07, 6.45) is 9.14. The number of piperidine rings is 1. The molecule has 1 aliphatic rings. The maximum Gasteiger partial charge on any atom is 0.158 e. The van der Waals surface area contributed by atoms with Crippen molar-refractivity contribution in [2.24, 2.45) is 0 Å². The van der Waals surface area contributed by atoms with Crippen molar-refractivity contribution in [3.8, 4) is 0 Å². The molecule has 4 heterocycles. The van der Waals surface area contributed by atoms with Crippen LogP contribution in [-0.2, 0) is 0 Å². The molecule has 1 aliphatic heterocycles. The molecule has 3 aromatic heterocycles. The van der Waals surface area contributed by atoms with Crippen LogP contribution < -0.4 is 10.2 Å². The van der Waals surface area contributed by atoms with E-state index in [1.807, 2.05) is 18.5 Å². The first kappa shape index (κ1) is 16.3. The number of aromatic nitrogens is 4. The smallest absolute Gasteiger partial charge is 0.158 e. The minimum absolute atomic E-state index is 0.554. The standard InChI is InChI=1S/C18H21BrN6/c1-12-7-15(9-20-18(12)24-6-4-3-5-13(24)2)23-17-16-8-14(19)10-25(16)22-11-21-17/h7-11,13H,3-6H2,1-2H3,(H,21,22,23). The van der Waals surface area contributed by atoms with Gasteiger partial charge in [0.2, 0.25) is 0 Å². The molecule has 0 amide bonds. The number of halogens is 1. The van der Waals surface area contributed by atoms with E-state index in [9.17, 15) is 0 Å². The van der Waals surface area contributed by atoms with Crippen molar-refractivity contribution >= 4 is 38.8 Å². The van der Waals surface area contributed by atoms with Crippen LogP contribution in [0.3, 0.4) is 0 Å². The van der Waals surface area contributed by atoms with Gasteiger partial charge in [-0.1, -0.05) is 0 Å². The summed E-state index contributed by atoms with van der Waals surface area (Å²) in [6, 6.07) is 4.69. The van der Waals surface area contributed by atoms with Gasteiger partial charge in [0.25, 0.3) is 0 Å². The SMILES string of the molecule is Cc1cc(Nc2ncnn3cc(Br)cc23)cnc1N1CCCCC1C. The van der Waals surface area contributed by atoms with Crippen LogP contribution in [0.25, 0.3) is 5.52 Å². The van der Waals surface area contributed by atoms with Crippen molar-refractivity contribution in [3.63, 3.8) is 0 Å². The van der Waals surface area contributed by atoms with Crippen LogP contribution in [0.1, 0.15) is 31.7 Å². The molecular weight excluding hydrogens is 380 g/mol. The summed E-state index contributed by atoms with van der Waals surface area (Å²) >= 11 is 3.48. The van der Waals surface area contributed by atoms with Crippen LogP contribution in [0.15, 0.2) is 35.3 Å². The van der Waals surface area contributed by atoms with Crippen LogP contribution in [0, 0.1) is 6.92 Å². The van der Waals surface area contributed by atoms with Crippen LogP contribution in [0.5, 0.6) is 0 Å². The maximum absolute atomic E-state index is 4.74. The van der Waals surface area contributed by atoms with Gasteiger partial charge in [-0.3, -0.25) is 0 Å². The van der Waals surface area contributed by atoms with Gasteiger partial charge >= 0.3 is 0 Å². The lowest BCUT2D eigenvalue weighted by Gasteiger charge is -2.35. The molecule has 7 heteroatoms. The fourth-order valence-electron chi connectivity index (χ4n) is 3.48. The van der Waals surface area contributed by atoms with Crippen LogP contribution in [-0.4, -0.2) is 32.2 Å². The second kappa shape index (κ2) is 6.63. The number of rotatable bonds is 3.